The summed E-state index contributed by atoms with van der Waals surface area (Å²) in [6, 6.07) is 23.0. The quantitative estimate of drug-likeness (QED) is 0.301. The van der Waals surface area contributed by atoms with Crippen LogP contribution in [0, 0.1) is 0 Å². The Kier molecular flexibility index (Phi) is 7.97. The number of nitrogens with zero attached hydrogens (tertiary/aromatic N) is 1. The number of benzene rings is 3. The molecule has 0 aliphatic carbocycles. The van der Waals surface area contributed by atoms with Gasteiger partial charge in [-0.15, -0.1) is 0 Å². The van der Waals surface area contributed by atoms with Gasteiger partial charge in [0, 0.05) is 30.3 Å². The van der Waals surface area contributed by atoms with Gasteiger partial charge in [-0.05, 0) is 83.8 Å². The standard InChI is InChI=1S/C34H31NO5/c1-4-40-34(37)27-11-5-23(6-12-27)19-26-17-18-35-31(21-25-9-15-29(39-3)16-10-25)30(33(36)32(35)22-26)20-24-7-13-28(38-2)14-8-24/h5-19,22H,4,20-21H2,1-3H3. The first-order valence-corrected chi connectivity index (χ1v) is 13.2. The zero-order valence-electron chi connectivity index (χ0n) is 22.8. The number of allylic oxidation sites excluding steroid dienone is 5. The second kappa shape index (κ2) is 11.9. The van der Waals surface area contributed by atoms with Crippen molar-refractivity contribution in [3.05, 3.63) is 136 Å². The number of Topliss-reactive ketones (excluding diaryl/α,β-unsaturated/α-hetero) is 1. The fourth-order valence-corrected chi connectivity index (χ4v) is 4.83. The summed E-state index contributed by atoms with van der Waals surface area (Å²) in [6.45, 7) is 2.12. The molecule has 0 N–H and O–H groups in total. The third-order valence-electron chi connectivity index (χ3n) is 6.95. The molecule has 0 fully saturated rings. The van der Waals surface area contributed by atoms with Crippen molar-refractivity contribution in [3.8, 4) is 11.5 Å². The molecule has 2 aliphatic heterocycles. The van der Waals surface area contributed by atoms with Crippen LogP contribution in [-0.4, -0.2) is 37.5 Å². The Morgan fingerprint density at radius 2 is 1.43 bits per heavy atom. The van der Waals surface area contributed by atoms with Crippen molar-refractivity contribution in [2.45, 2.75) is 19.8 Å². The zero-order valence-corrected chi connectivity index (χ0v) is 22.8. The summed E-state index contributed by atoms with van der Waals surface area (Å²) in [4.78, 5) is 27.8. The van der Waals surface area contributed by atoms with Gasteiger partial charge in [0.05, 0.1) is 32.1 Å². The van der Waals surface area contributed by atoms with E-state index in [-0.39, 0.29) is 11.8 Å². The molecule has 202 valence electrons. The number of hydrogen-bond donors (Lipinski definition) is 0. The van der Waals surface area contributed by atoms with Crippen LogP contribution in [0.5, 0.6) is 11.5 Å². The maximum absolute atomic E-state index is 13.8. The van der Waals surface area contributed by atoms with E-state index in [2.05, 4.69) is 0 Å². The molecule has 2 heterocycles. The number of rotatable bonds is 9. The van der Waals surface area contributed by atoms with E-state index in [0.717, 1.165) is 45.0 Å². The number of carbonyl (C=O) groups is 2. The van der Waals surface area contributed by atoms with E-state index in [9.17, 15) is 9.59 Å². The van der Waals surface area contributed by atoms with Crippen LogP contribution in [0.3, 0.4) is 0 Å². The van der Waals surface area contributed by atoms with E-state index in [1.165, 1.54) is 0 Å². The number of carbonyl (C=O) groups excluding carboxylic acids is 2. The maximum Gasteiger partial charge on any atom is 0.338 e. The van der Waals surface area contributed by atoms with Gasteiger partial charge in [-0.1, -0.05) is 36.4 Å². The van der Waals surface area contributed by atoms with Crippen molar-refractivity contribution in [1.29, 1.82) is 0 Å². The lowest BCUT2D eigenvalue weighted by atomic mass is 9.98. The molecule has 5 rings (SSSR count). The fourth-order valence-electron chi connectivity index (χ4n) is 4.83. The highest BCUT2D eigenvalue weighted by Gasteiger charge is 2.35. The van der Waals surface area contributed by atoms with Crippen molar-refractivity contribution in [1.82, 2.24) is 4.90 Å². The first-order valence-electron chi connectivity index (χ1n) is 13.2. The highest BCUT2D eigenvalue weighted by molar-refractivity contribution is 6.12. The molecule has 6 heteroatoms. The number of esters is 1. The minimum absolute atomic E-state index is 0.0206. The van der Waals surface area contributed by atoms with Gasteiger partial charge in [0.2, 0.25) is 5.78 Å². The van der Waals surface area contributed by atoms with Gasteiger partial charge in [-0.25, -0.2) is 4.79 Å². The van der Waals surface area contributed by atoms with E-state index in [4.69, 9.17) is 14.2 Å². The van der Waals surface area contributed by atoms with Gasteiger partial charge in [0.1, 0.15) is 11.5 Å². The first kappa shape index (κ1) is 26.8. The van der Waals surface area contributed by atoms with Crippen molar-refractivity contribution in [2.75, 3.05) is 20.8 Å². The number of methoxy groups -OCH3 is 2. The molecule has 0 saturated heterocycles. The molecular formula is C34H31NO5. The topological polar surface area (TPSA) is 65.1 Å². The van der Waals surface area contributed by atoms with Crippen molar-refractivity contribution >= 4 is 17.8 Å². The lowest BCUT2D eigenvalue weighted by Gasteiger charge is -2.22. The van der Waals surface area contributed by atoms with Gasteiger partial charge >= 0.3 is 5.97 Å². The molecule has 0 aromatic heterocycles. The first-order chi connectivity index (χ1) is 19.5. The zero-order chi connectivity index (χ0) is 28.1. The Balaban J connectivity index is 1.44. The monoisotopic (exact) mass is 533 g/mol. The van der Waals surface area contributed by atoms with E-state index in [1.54, 1.807) is 33.3 Å². The van der Waals surface area contributed by atoms with E-state index in [0.29, 0.717) is 30.7 Å². The van der Waals surface area contributed by atoms with E-state index < -0.39 is 0 Å². The Labute approximate surface area is 234 Å². The lowest BCUT2D eigenvalue weighted by Crippen LogP contribution is -2.17. The van der Waals surface area contributed by atoms with Crippen molar-refractivity contribution < 1.29 is 23.8 Å². The predicted octanol–water partition coefficient (Wildman–Crippen LogP) is 6.30. The van der Waals surface area contributed by atoms with Gasteiger partial charge in [0.15, 0.2) is 0 Å². The van der Waals surface area contributed by atoms with Crippen molar-refractivity contribution in [2.24, 2.45) is 0 Å². The molecule has 0 unspecified atom stereocenters. The molecule has 3 aromatic carbocycles. The highest BCUT2D eigenvalue weighted by atomic mass is 16.5. The summed E-state index contributed by atoms with van der Waals surface area (Å²) in [5, 5.41) is 0. The van der Waals surface area contributed by atoms with Crippen LogP contribution < -0.4 is 9.47 Å². The number of ketones is 1. The second-order valence-electron chi connectivity index (χ2n) is 9.51. The highest BCUT2D eigenvalue weighted by Crippen LogP contribution is 2.37. The van der Waals surface area contributed by atoms with Gasteiger partial charge in [0.25, 0.3) is 0 Å². The maximum atomic E-state index is 13.8. The lowest BCUT2D eigenvalue weighted by molar-refractivity contribution is -0.112. The fraction of sp³-hybridized carbons (Fsp3) is 0.176. The Hall–Kier alpha value is -4.84. The van der Waals surface area contributed by atoms with Crippen LogP contribution in [0.15, 0.2) is 114 Å². The normalized spacial score (nSPS) is 15.3. The third-order valence-corrected chi connectivity index (χ3v) is 6.95. The predicted molar refractivity (Wildman–Crippen MR) is 155 cm³/mol. The Morgan fingerprint density at radius 1 is 0.825 bits per heavy atom. The summed E-state index contributed by atoms with van der Waals surface area (Å²) in [6.07, 6.45) is 9.01. The summed E-state index contributed by atoms with van der Waals surface area (Å²) >= 11 is 0. The molecule has 2 aliphatic rings. The average molecular weight is 534 g/mol. The molecule has 0 amide bonds. The minimum Gasteiger partial charge on any atom is -0.497 e. The molecule has 0 spiro atoms. The largest absolute Gasteiger partial charge is 0.497 e. The summed E-state index contributed by atoms with van der Waals surface area (Å²) in [7, 11) is 3.29. The Bertz CT molecular complexity index is 1520. The average Bonchev–Trinajstić information content (AvgIpc) is 3.24. The molecule has 0 radical (unpaired) electrons. The van der Waals surface area contributed by atoms with Gasteiger partial charge in [-0.3, -0.25) is 4.79 Å². The van der Waals surface area contributed by atoms with Crippen molar-refractivity contribution in [3.63, 3.8) is 0 Å². The molecular weight excluding hydrogens is 502 g/mol. The number of ether oxygens (including phenoxy) is 3. The van der Waals surface area contributed by atoms with Crippen LogP contribution in [-0.2, 0) is 22.4 Å². The molecule has 0 bridgehead atoms. The SMILES string of the molecule is CCOC(=O)c1ccc(C=C2C=CN3C(=C2)C(=O)C(Cc2ccc(OC)cc2)=C3Cc2ccc(OC)cc2)cc1. The number of fused-ring (bicyclic) bond motifs is 1. The minimum atomic E-state index is -0.339. The van der Waals surface area contributed by atoms with E-state index >= 15 is 0 Å². The summed E-state index contributed by atoms with van der Waals surface area (Å²) in [5.41, 5.74) is 6.83. The molecule has 0 saturated carbocycles. The van der Waals surface area contributed by atoms with Crippen LogP contribution in [0.1, 0.15) is 34.0 Å². The van der Waals surface area contributed by atoms with Crippen LogP contribution in [0.2, 0.25) is 0 Å². The molecule has 0 atom stereocenters. The molecule has 6 nitrogen and oxygen atoms in total. The Morgan fingerprint density at radius 3 is 2.00 bits per heavy atom. The number of hydrogen-bond acceptors (Lipinski definition) is 6. The van der Waals surface area contributed by atoms with Gasteiger partial charge < -0.3 is 19.1 Å². The van der Waals surface area contributed by atoms with E-state index in [1.807, 2.05) is 90.0 Å². The summed E-state index contributed by atoms with van der Waals surface area (Å²) < 4.78 is 15.7. The summed E-state index contributed by atoms with van der Waals surface area (Å²) in [5.74, 6) is 1.25. The molecule has 40 heavy (non-hydrogen) atoms. The van der Waals surface area contributed by atoms with Gasteiger partial charge in [-0.2, -0.15) is 0 Å². The third kappa shape index (κ3) is 5.76. The smallest absolute Gasteiger partial charge is 0.338 e. The molecule has 3 aromatic rings. The van der Waals surface area contributed by atoms with Crippen LogP contribution >= 0.6 is 0 Å². The van der Waals surface area contributed by atoms with Crippen LogP contribution in [0.4, 0.5) is 0 Å². The van der Waals surface area contributed by atoms with Crippen LogP contribution in [0.25, 0.3) is 6.08 Å². The second-order valence-corrected chi connectivity index (χ2v) is 9.51.